The fourth-order valence-corrected chi connectivity index (χ4v) is 5.42. The predicted octanol–water partition coefficient (Wildman–Crippen LogP) is 4.05. The summed E-state index contributed by atoms with van der Waals surface area (Å²) in [4.78, 5) is 36.4. The SMILES string of the molecule is C=CCc1cc(C=NN2C(=O)[C@@H]3[C@H](C2=O)[C@H]2C=C[C@H]3C2)cc(OC)c1OCc1cccc([N+](=O)[O-])c1. The number of allylic oxidation sites excluding steroid dienone is 3. The third-order valence-corrected chi connectivity index (χ3v) is 7.01. The molecule has 9 heteroatoms. The highest BCUT2D eigenvalue weighted by atomic mass is 16.6. The van der Waals surface area contributed by atoms with Gasteiger partial charge in [-0.1, -0.05) is 30.4 Å². The molecule has 0 aromatic heterocycles. The maximum Gasteiger partial charge on any atom is 0.269 e. The van der Waals surface area contributed by atoms with Crippen molar-refractivity contribution in [3.63, 3.8) is 0 Å². The summed E-state index contributed by atoms with van der Waals surface area (Å²) >= 11 is 0. The number of amides is 2. The number of non-ortho nitro benzene ring substituents is 1. The van der Waals surface area contributed by atoms with Crippen LogP contribution < -0.4 is 9.47 Å². The van der Waals surface area contributed by atoms with E-state index in [4.69, 9.17) is 9.47 Å². The summed E-state index contributed by atoms with van der Waals surface area (Å²) in [5.41, 5.74) is 2.01. The summed E-state index contributed by atoms with van der Waals surface area (Å²) in [6.45, 7) is 3.91. The van der Waals surface area contributed by atoms with Crippen molar-refractivity contribution in [3.05, 3.63) is 88.0 Å². The van der Waals surface area contributed by atoms with Crippen molar-refractivity contribution in [2.24, 2.45) is 28.8 Å². The van der Waals surface area contributed by atoms with Gasteiger partial charge in [0.2, 0.25) is 0 Å². The highest BCUT2D eigenvalue weighted by Crippen LogP contribution is 2.52. The molecule has 4 atom stereocenters. The van der Waals surface area contributed by atoms with Crippen LogP contribution in [0.5, 0.6) is 11.5 Å². The molecule has 2 bridgehead atoms. The summed E-state index contributed by atoms with van der Waals surface area (Å²) in [5, 5.41) is 16.3. The van der Waals surface area contributed by atoms with Gasteiger partial charge >= 0.3 is 0 Å². The number of fused-ring (bicyclic) bond motifs is 5. The van der Waals surface area contributed by atoms with Crippen molar-refractivity contribution in [3.8, 4) is 11.5 Å². The zero-order chi connectivity index (χ0) is 25.4. The Morgan fingerprint density at radius 2 is 1.89 bits per heavy atom. The van der Waals surface area contributed by atoms with E-state index in [1.54, 1.807) is 24.3 Å². The Kier molecular flexibility index (Phi) is 6.13. The Hall–Kier alpha value is -4.27. The van der Waals surface area contributed by atoms with E-state index >= 15 is 0 Å². The first-order valence-corrected chi connectivity index (χ1v) is 11.7. The molecule has 36 heavy (non-hydrogen) atoms. The molecule has 2 amide bonds. The smallest absolute Gasteiger partial charge is 0.269 e. The van der Waals surface area contributed by atoms with Gasteiger partial charge in [0.05, 0.1) is 30.1 Å². The monoisotopic (exact) mass is 487 g/mol. The largest absolute Gasteiger partial charge is 0.493 e. The van der Waals surface area contributed by atoms with E-state index < -0.39 is 4.92 Å². The molecule has 9 nitrogen and oxygen atoms in total. The van der Waals surface area contributed by atoms with Crippen LogP contribution in [0.15, 0.2) is 66.3 Å². The third kappa shape index (κ3) is 4.06. The highest BCUT2D eigenvalue weighted by Gasteiger charge is 2.59. The first-order valence-electron chi connectivity index (χ1n) is 11.7. The van der Waals surface area contributed by atoms with Crippen molar-refractivity contribution >= 4 is 23.7 Å². The number of carbonyl (C=O) groups is 2. The first kappa shape index (κ1) is 23.5. The molecule has 5 rings (SSSR count). The summed E-state index contributed by atoms with van der Waals surface area (Å²) in [5.74, 6) is 0.0598. The molecule has 0 N–H and O–H groups in total. The average Bonchev–Trinajstić information content (AvgIpc) is 3.56. The number of nitrogens with zero attached hydrogens (tertiary/aromatic N) is 3. The molecule has 0 radical (unpaired) electrons. The lowest BCUT2D eigenvalue weighted by Crippen LogP contribution is -2.28. The number of ether oxygens (including phenoxy) is 2. The predicted molar refractivity (Wildman–Crippen MR) is 131 cm³/mol. The second-order valence-corrected chi connectivity index (χ2v) is 9.15. The second kappa shape index (κ2) is 9.41. The second-order valence-electron chi connectivity index (χ2n) is 9.15. The van der Waals surface area contributed by atoms with Crippen LogP contribution in [-0.2, 0) is 22.6 Å². The van der Waals surface area contributed by atoms with Gasteiger partial charge in [0, 0.05) is 17.7 Å². The van der Waals surface area contributed by atoms with Crippen molar-refractivity contribution in [1.82, 2.24) is 5.01 Å². The molecular formula is C27H25N3O6. The van der Waals surface area contributed by atoms with Gasteiger partial charge in [0.1, 0.15) is 6.61 Å². The van der Waals surface area contributed by atoms with E-state index in [0.717, 1.165) is 17.0 Å². The van der Waals surface area contributed by atoms with Crippen LogP contribution in [0.3, 0.4) is 0 Å². The molecule has 1 aliphatic heterocycles. The minimum atomic E-state index is -0.453. The lowest BCUT2D eigenvalue weighted by molar-refractivity contribution is -0.384. The van der Waals surface area contributed by atoms with Gasteiger partial charge in [0.15, 0.2) is 11.5 Å². The van der Waals surface area contributed by atoms with Crippen LogP contribution >= 0.6 is 0 Å². The van der Waals surface area contributed by atoms with E-state index in [1.165, 1.54) is 25.5 Å². The van der Waals surface area contributed by atoms with E-state index in [0.29, 0.717) is 29.0 Å². The quantitative estimate of drug-likeness (QED) is 0.173. The summed E-state index contributed by atoms with van der Waals surface area (Å²) < 4.78 is 11.6. The molecule has 3 aliphatic rings. The van der Waals surface area contributed by atoms with E-state index in [9.17, 15) is 19.7 Å². The topological polar surface area (TPSA) is 111 Å². The van der Waals surface area contributed by atoms with E-state index in [1.807, 2.05) is 18.2 Å². The van der Waals surface area contributed by atoms with E-state index in [2.05, 4.69) is 11.7 Å². The van der Waals surface area contributed by atoms with E-state index in [-0.39, 0.29) is 47.8 Å². The molecule has 1 saturated carbocycles. The molecular weight excluding hydrogens is 462 g/mol. The van der Waals surface area contributed by atoms with Crippen LogP contribution in [-0.4, -0.2) is 35.1 Å². The standard InChI is InChI=1S/C27H25N3O6/c1-3-5-20-10-17(14-28-29-26(31)23-18-8-9-19(13-18)24(23)27(29)32)12-22(35-2)25(20)36-15-16-6-4-7-21(11-16)30(33)34/h3-4,6-12,14,18-19,23-24H,1,5,13,15H2,2H3/t18-,19-,23-,24+/m0/s1. The number of hydrogen-bond donors (Lipinski definition) is 0. The minimum absolute atomic E-state index is 0.0140. The van der Waals surface area contributed by atoms with Gasteiger partial charge < -0.3 is 9.47 Å². The Bertz CT molecular complexity index is 1290. The minimum Gasteiger partial charge on any atom is -0.493 e. The Morgan fingerprint density at radius 1 is 1.17 bits per heavy atom. The Labute approximate surface area is 207 Å². The third-order valence-electron chi connectivity index (χ3n) is 7.01. The van der Waals surface area contributed by atoms with Crippen LogP contribution in [0, 0.1) is 33.8 Å². The van der Waals surface area contributed by atoms with Gasteiger partial charge in [-0.05, 0) is 47.9 Å². The highest BCUT2D eigenvalue weighted by molar-refractivity contribution is 6.06. The number of hydrogen-bond acceptors (Lipinski definition) is 7. The number of benzene rings is 2. The lowest BCUT2D eigenvalue weighted by atomic mass is 9.85. The van der Waals surface area contributed by atoms with Gasteiger partial charge in [-0.3, -0.25) is 19.7 Å². The lowest BCUT2D eigenvalue weighted by Gasteiger charge is -2.16. The van der Waals surface area contributed by atoms with Crippen LogP contribution in [0.4, 0.5) is 5.69 Å². The molecule has 184 valence electrons. The zero-order valence-corrected chi connectivity index (χ0v) is 19.7. The molecule has 2 fully saturated rings. The molecule has 2 aliphatic carbocycles. The normalized spacial score (nSPS) is 24.0. The van der Waals surface area contributed by atoms with Crippen molar-refractivity contribution in [2.45, 2.75) is 19.4 Å². The first-order chi connectivity index (χ1) is 17.4. The number of imide groups is 1. The maximum atomic E-state index is 12.9. The summed E-state index contributed by atoms with van der Waals surface area (Å²) in [6, 6.07) is 9.76. The van der Waals surface area contributed by atoms with Crippen LogP contribution in [0.25, 0.3) is 0 Å². The van der Waals surface area contributed by atoms with Gasteiger partial charge in [-0.25, -0.2) is 0 Å². The number of rotatable bonds is 9. The molecule has 2 aromatic rings. The number of methoxy groups -OCH3 is 1. The summed E-state index contributed by atoms with van der Waals surface area (Å²) in [6.07, 6.45) is 8.61. The van der Waals surface area contributed by atoms with Crippen LogP contribution in [0.2, 0.25) is 0 Å². The fraction of sp³-hybridized carbons (Fsp3) is 0.296. The molecule has 1 saturated heterocycles. The van der Waals surface area contributed by atoms with Gasteiger partial charge in [-0.2, -0.15) is 10.1 Å². The molecule has 0 spiro atoms. The maximum absolute atomic E-state index is 12.9. The van der Waals surface area contributed by atoms with Gasteiger partial charge in [-0.15, -0.1) is 6.58 Å². The summed E-state index contributed by atoms with van der Waals surface area (Å²) in [7, 11) is 1.51. The number of hydrazone groups is 1. The Balaban J connectivity index is 1.38. The molecule has 0 unspecified atom stereocenters. The van der Waals surface area contributed by atoms with Crippen molar-refractivity contribution in [2.75, 3.05) is 7.11 Å². The number of nitro groups is 1. The number of nitro benzene ring substituents is 1. The molecule has 1 heterocycles. The van der Waals surface area contributed by atoms with Crippen molar-refractivity contribution < 1.29 is 24.0 Å². The fourth-order valence-electron chi connectivity index (χ4n) is 5.42. The zero-order valence-electron chi connectivity index (χ0n) is 19.7. The molecule has 2 aromatic carbocycles. The van der Waals surface area contributed by atoms with Crippen LogP contribution in [0.1, 0.15) is 23.1 Å². The van der Waals surface area contributed by atoms with Crippen molar-refractivity contribution in [1.29, 1.82) is 0 Å². The number of carbonyl (C=O) groups excluding carboxylic acids is 2. The Morgan fingerprint density at radius 3 is 2.53 bits per heavy atom. The van der Waals surface area contributed by atoms with Gasteiger partial charge in [0.25, 0.3) is 17.5 Å². The average molecular weight is 488 g/mol.